The number of carbonyl (C=O) groups excluding carboxylic acids is 2. The Balaban J connectivity index is 1.52. The Morgan fingerprint density at radius 1 is 1.00 bits per heavy atom. The topological polar surface area (TPSA) is 49.4 Å². The van der Waals surface area contributed by atoms with Gasteiger partial charge >= 0.3 is 0 Å². The van der Waals surface area contributed by atoms with Gasteiger partial charge in [0.1, 0.15) is 0 Å². The van der Waals surface area contributed by atoms with Gasteiger partial charge in [-0.2, -0.15) is 0 Å². The zero-order valence-electron chi connectivity index (χ0n) is 16.1. The number of halogens is 1. The van der Waals surface area contributed by atoms with Crippen molar-refractivity contribution in [1.29, 1.82) is 0 Å². The second-order valence-corrected chi connectivity index (χ2v) is 8.16. The molecule has 0 aliphatic carbocycles. The maximum absolute atomic E-state index is 13.1. The molecule has 4 rings (SSSR count). The third kappa shape index (κ3) is 4.10. The summed E-state index contributed by atoms with van der Waals surface area (Å²) in [7, 11) is 0. The van der Waals surface area contributed by atoms with Gasteiger partial charge in [-0.1, -0.05) is 46.3 Å². The number of carbonyl (C=O) groups is 2. The van der Waals surface area contributed by atoms with Crippen LogP contribution in [0.5, 0.6) is 0 Å². The van der Waals surface area contributed by atoms with Crippen LogP contribution in [-0.2, 0) is 13.0 Å². The number of nitrogens with zero attached hydrogens (tertiary/aromatic N) is 1. The first-order chi connectivity index (χ1) is 14.0. The largest absolute Gasteiger partial charge is 0.348 e. The summed E-state index contributed by atoms with van der Waals surface area (Å²) in [6, 6.07) is 22.8. The van der Waals surface area contributed by atoms with Gasteiger partial charge in [-0.3, -0.25) is 9.59 Å². The number of benzene rings is 3. The first-order valence-corrected chi connectivity index (χ1v) is 10.4. The number of hydrogen-bond donors (Lipinski definition) is 1. The standard InChI is InChI=1S/C24H21BrN2O2/c1-16-13-20-8-7-17(15-26-23(28)18-9-11-21(25)12-10-18)14-22(20)27(16)24(29)19-5-3-2-4-6-19/h2-12,14,16H,13,15H2,1H3,(H,26,28). The van der Waals surface area contributed by atoms with Crippen molar-refractivity contribution in [3.8, 4) is 0 Å². The quantitative estimate of drug-likeness (QED) is 0.612. The van der Waals surface area contributed by atoms with Gasteiger partial charge < -0.3 is 10.2 Å². The van der Waals surface area contributed by atoms with Crippen LogP contribution in [0.3, 0.4) is 0 Å². The molecule has 0 fully saturated rings. The van der Waals surface area contributed by atoms with Crippen LogP contribution >= 0.6 is 15.9 Å². The van der Waals surface area contributed by atoms with E-state index in [1.165, 1.54) is 0 Å². The minimum Gasteiger partial charge on any atom is -0.348 e. The Hall–Kier alpha value is -2.92. The van der Waals surface area contributed by atoms with Crippen molar-refractivity contribution in [2.24, 2.45) is 0 Å². The summed E-state index contributed by atoms with van der Waals surface area (Å²) in [5.41, 5.74) is 4.35. The van der Waals surface area contributed by atoms with Gasteiger partial charge in [0.2, 0.25) is 0 Å². The van der Waals surface area contributed by atoms with Crippen LogP contribution < -0.4 is 10.2 Å². The Bertz CT molecular complexity index is 1050. The lowest BCUT2D eigenvalue weighted by Crippen LogP contribution is -2.35. The fraction of sp³-hybridized carbons (Fsp3) is 0.167. The van der Waals surface area contributed by atoms with E-state index in [1.54, 1.807) is 12.1 Å². The third-order valence-electron chi connectivity index (χ3n) is 5.16. The van der Waals surface area contributed by atoms with Crippen molar-refractivity contribution in [3.63, 3.8) is 0 Å². The van der Waals surface area contributed by atoms with Gasteiger partial charge in [-0.15, -0.1) is 0 Å². The van der Waals surface area contributed by atoms with Crippen molar-refractivity contribution in [1.82, 2.24) is 5.32 Å². The van der Waals surface area contributed by atoms with E-state index in [0.29, 0.717) is 17.7 Å². The van der Waals surface area contributed by atoms with E-state index in [9.17, 15) is 9.59 Å². The third-order valence-corrected chi connectivity index (χ3v) is 5.69. The van der Waals surface area contributed by atoms with E-state index < -0.39 is 0 Å². The second-order valence-electron chi connectivity index (χ2n) is 7.25. The number of nitrogens with one attached hydrogen (secondary N) is 1. The molecule has 3 aromatic rings. The maximum Gasteiger partial charge on any atom is 0.258 e. The van der Waals surface area contributed by atoms with Gasteiger partial charge in [0.05, 0.1) is 0 Å². The Labute approximate surface area is 178 Å². The van der Waals surface area contributed by atoms with Gasteiger partial charge in [0.25, 0.3) is 11.8 Å². The first kappa shape index (κ1) is 19.4. The lowest BCUT2D eigenvalue weighted by atomic mass is 10.1. The van der Waals surface area contributed by atoms with Crippen molar-refractivity contribution < 1.29 is 9.59 Å². The molecule has 0 bridgehead atoms. The molecule has 29 heavy (non-hydrogen) atoms. The molecule has 0 saturated carbocycles. The van der Waals surface area contributed by atoms with E-state index in [4.69, 9.17) is 0 Å². The summed E-state index contributed by atoms with van der Waals surface area (Å²) < 4.78 is 0.935. The van der Waals surface area contributed by atoms with Gasteiger partial charge in [-0.05, 0) is 66.9 Å². The lowest BCUT2D eigenvalue weighted by Gasteiger charge is -2.23. The molecule has 1 aliphatic rings. The Morgan fingerprint density at radius 3 is 2.45 bits per heavy atom. The molecule has 1 heterocycles. The number of anilines is 1. The number of amides is 2. The van der Waals surface area contributed by atoms with Crippen LogP contribution in [-0.4, -0.2) is 17.9 Å². The summed E-state index contributed by atoms with van der Waals surface area (Å²) >= 11 is 3.37. The molecular weight excluding hydrogens is 428 g/mol. The number of rotatable bonds is 4. The van der Waals surface area contributed by atoms with Crippen LogP contribution in [0.1, 0.15) is 38.8 Å². The predicted octanol–water partition coefficient (Wildman–Crippen LogP) is 4.97. The molecule has 1 N–H and O–H groups in total. The summed E-state index contributed by atoms with van der Waals surface area (Å²) in [5.74, 6) is -0.114. The number of hydrogen-bond acceptors (Lipinski definition) is 2. The van der Waals surface area contributed by atoms with Crippen molar-refractivity contribution in [3.05, 3.63) is 99.5 Å². The molecule has 5 heteroatoms. The van der Waals surface area contributed by atoms with Crippen molar-refractivity contribution in [2.75, 3.05) is 4.90 Å². The highest BCUT2D eigenvalue weighted by atomic mass is 79.9. The smallest absolute Gasteiger partial charge is 0.258 e. The zero-order chi connectivity index (χ0) is 20.4. The minimum atomic E-state index is -0.122. The average molecular weight is 449 g/mol. The van der Waals surface area contributed by atoms with Crippen LogP contribution in [0.2, 0.25) is 0 Å². The van der Waals surface area contributed by atoms with Crippen LogP contribution in [0, 0.1) is 0 Å². The molecule has 1 aliphatic heterocycles. The molecule has 146 valence electrons. The summed E-state index contributed by atoms with van der Waals surface area (Å²) in [6.07, 6.45) is 0.833. The Morgan fingerprint density at radius 2 is 1.72 bits per heavy atom. The van der Waals surface area contributed by atoms with Crippen LogP contribution in [0.4, 0.5) is 5.69 Å². The summed E-state index contributed by atoms with van der Waals surface area (Å²) in [6.45, 7) is 2.47. The monoisotopic (exact) mass is 448 g/mol. The number of fused-ring (bicyclic) bond motifs is 1. The van der Waals surface area contributed by atoms with Gasteiger partial charge in [0.15, 0.2) is 0 Å². The molecule has 1 unspecified atom stereocenters. The van der Waals surface area contributed by atoms with E-state index in [0.717, 1.165) is 27.7 Å². The normalized spacial score (nSPS) is 15.1. The molecule has 1 atom stereocenters. The molecule has 0 aromatic heterocycles. The minimum absolute atomic E-state index is 0.00731. The molecule has 3 aromatic carbocycles. The van der Waals surface area contributed by atoms with E-state index >= 15 is 0 Å². The van der Waals surface area contributed by atoms with Crippen molar-refractivity contribution in [2.45, 2.75) is 25.9 Å². The highest BCUT2D eigenvalue weighted by Gasteiger charge is 2.31. The molecular formula is C24H21BrN2O2. The SMILES string of the molecule is CC1Cc2ccc(CNC(=O)c3ccc(Br)cc3)cc2N1C(=O)c1ccccc1. The molecule has 2 amide bonds. The maximum atomic E-state index is 13.1. The predicted molar refractivity (Wildman–Crippen MR) is 118 cm³/mol. The summed E-state index contributed by atoms with van der Waals surface area (Å²) in [5, 5.41) is 2.96. The Kier molecular flexibility index (Phi) is 5.49. The summed E-state index contributed by atoms with van der Waals surface area (Å²) in [4.78, 5) is 27.3. The van der Waals surface area contributed by atoms with E-state index in [-0.39, 0.29) is 17.9 Å². The fourth-order valence-corrected chi connectivity index (χ4v) is 3.94. The molecule has 0 radical (unpaired) electrons. The highest BCUT2D eigenvalue weighted by molar-refractivity contribution is 9.10. The highest BCUT2D eigenvalue weighted by Crippen LogP contribution is 2.34. The van der Waals surface area contributed by atoms with Gasteiger partial charge in [0, 0.05) is 33.9 Å². The second kappa shape index (κ2) is 8.21. The average Bonchev–Trinajstić information content (AvgIpc) is 3.07. The fourth-order valence-electron chi connectivity index (χ4n) is 3.68. The molecule has 0 saturated heterocycles. The van der Waals surface area contributed by atoms with Crippen molar-refractivity contribution >= 4 is 33.4 Å². The zero-order valence-corrected chi connectivity index (χ0v) is 17.6. The molecule has 0 spiro atoms. The van der Waals surface area contributed by atoms with E-state index in [2.05, 4.69) is 34.2 Å². The van der Waals surface area contributed by atoms with Crippen LogP contribution in [0.25, 0.3) is 0 Å². The van der Waals surface area contributed by atoms with Crippen LogP contribution in [0.15, 0.2) is 77.3 Å². The molecule has 4 nitrogen and oxygen atoms in total. The first-order valence-electron chi connectivity index (χ1n) is 9.57. The van der Waals surface area contributed by atoms with Gasteiger partial charge in [-0.25, -0.2) is 0 Å². The van der Waals surface area contributed by atoms with E-state index in [1.807, 2.05) is 59.5 Å². The lowest BCUT2D eigenvalue weighted by molar-refractivity contribution is 0.0948.